The number of aliphatic carboxylic acids is 1. The first-order valence-electron chi connectivity index (χ1n) is 15.0. The van der Waals surface area contributed by atoms with Crippen LogP contribution >= 0.6 is 0 Å². The lowest BCUT2D eigenvalue weighted by Gasteiger charge is -2.34. The summed E-state index contributed by atoms with van der Waals surface area (Å²) in [5.74, 6) is 2.07. The molecular weight excluding hydrogens is 502 g/mol. The van der Waals surface area contributed by atoms with Gasteiger partial charge in [0, 0.05) is 42.2 Å². The number of hydrogen-bond acceptors (Lipinski definition) is 5. The first kappa shape index (κ1) is 26.7. The summed E-state index contributed by atoms with van der Waals surface area (Å²) in [6.07, 6.45) is 13.8. The SMILES string of the molecule is COc1ccc(-c2cnn(C3CCCC3)c2)c(N2CCC(COc3cccc(C(CC(=O)O)C4CC4)c3)CC2)c1. The number of anilines is 1. The van der Waals surface area contributed by atoms with E-state index < -0.39 is 5.97 Å². The van der Waals surface area contributed by atoms with Gasteiger partial charge in [-0.15, -0.1) is 0 Å². The summed E-state index contributed by atoms with van der Waals surface area (Å²) in [5.41, 5.74) is 4.69. The zero-order valence-electron chi connectivity index (χ0n) is 23.5. The van der Waals surface area contributed by atoms with Crippen LogP contribution in [0.25, 0.3) is 11.1 Å². The van der Waals surface area contributed by atoms with Gasteiger partial charge in [-0.2, -0.15) is 5.10 Å². The molecule has 1 atom stereocenters. The molecule has 1 saturated heterocycles. The molecule has 7 heteroatoms. The number of piperidine rings is 1. The molecule has 2 aromatic carbocycles. The van der Waals surface area contributed by atoms with Crippen molar-refractivity contribution in [1.29, 1.82) is 0 Å². The highest BCUT2D eigenvalue weighted by Crippen LogP contribution is 2.45. The Morgan fingerprint density at radius 3 is 2.55 bits per heavy atom. The smallest absolute Gasteiger partial charge is 0.303 e. The van der Waals surface area contributed by atoms with Crippen molar-refractivity contribution in [3.8, 4) is 22.6 Å². The fourth-order valence-corrected chi connectivity index (χ4v) is 6.62. The molecule has 3 aromatic rings. The quantitative estimate of drug-likeness (QED) is 0.282. The highest BCUT2D eigenvalue weighted by molar-refractivity contribution is 5.79. The number of carbonyl (C=O) groups is 1. The average molecular weight is 544 g/mol. The molecule has 2 heterocycles. The van der Waals surface area contributed by atoms with Crippen LogP contribution in [-0.4, -0.2) is 47.7 Å². The van der Waals surface area contributed by atoms with E-state index in [1.54, 1.807) is 7.11 Å². The van der Waals surface area contributed by atoms with Gasteiger partial charge in [0.15, 0.2) is 0 Å². The fraction of sp³-hybridized carbons (Fsp3) is 0.515. The van der Waals surface area contributed by atoms with Gasteiger partial charge in [-0.05, 0) is 86.1 Å². The molecule has 0 bridgehead atoms. The molecule has 6 rings (SSSR count). The second-order valence-corrected chi connectivity index (χ2v) is 11.9. The predicted octanol–water partition coefficient (Wildman–Crippen LogP) is 6.94. The van der Waals surface area contributed by atoms with Gasteiger partial charge >= 0.3 is 5.97 Å². The number of carboxylic acid groups (broad SMARTS) is 1. The van der Waals surface area contributed by atoms with Crippen molar-refractivity contribution in [3.05, 3.63) is 60.4 Å². The minimum Gasteiger partial charge on any atom is -0.497 e. The largest absolute Gasteiger partial charge is 0.497 e. The second kappa shape index (κ2) is 11.9. The number of aromatic nitrogens is 2. The van der Waals surface area contributed by atoms with Crippen molar-refractivity contribution in [2.75, 3.05) is 31.7 Å². The van der Waals surface area contributed by atoms with Crippen molar-refractivity contribution in [3.63, 3.8) is 0 Å². The van der Waals surface area contributed by atoms with Crippen LogP contribution in [0.4, 0.5) is 5.69 Å². The molecule has 212 valence electrons. The van der Waals surface area contributed by atoms with E-state index in [2.05, 4.69) is 40.0 Å². The maximum Gasteiger partial charge on any atom is 0.303 e. The number of ether oxygens (including phenoxy) is 2. The molecular formula is C33H41N3O4. The van der Waals surface area contributed by atoms with E-state index in [-0.39, 0.29) is 12.3 Å². The van der Waals surface area contributed by atoms with Gasteiger partial charge in [-0.25, -0.2) is 0 Å². The topological polar surface area (TPSA) is 76.8 Å². The molecule has 7 nitrogen and oxygen atoms in total. The van der Waals surface area contributed by atoms with Crippen LogP contribution in [0, 0.1) is 11.8 Å². The van der Waals surface area contributed by atoms with Crippen LogP contribution in [0.5, 0.6) is 11.5 Å². The summed E-state index contributed by atoms with van der Waals surface area (Å²) < 4.78 is 14.0. The van der Waals surface area contributed by atoms with E-state index in [0.717, 1.165) is 55.8 Å². The molecule has 0 spiro atoms. The fourth-order valence-electron chi connectivity index (χ4n) is 6.62. The third-order valence-corrected chi connectivity index (χ3v) is 9.13. The number of rotatable bonds is 11. The lowest BCUT2D eigenvalue weighted by molar-refractivity contribution is -0.137. The monoisotopic (exact) mass is 543 g/mol. The number of carboxylic acids is 1. The summed E-state index contributed by atoms with van der Waals surface area (Å²) in [7, 11) is 1.73. The molecule has 1 N–H and O–H groups in total. The molecule has 1 unspecified atom stereocenters. The summed E-state index contributed by atoms with van der Waals surface area (Å²) >= 11 is 0. The van der Waals surface area contributed by atoms with Crippen molar-refractivity contribution in [2.24, 2.45) is 11.8 Å². The van der Waals surface area contributed by atoms with E-state index in [9.17, 15) is 9.90 Å². The van der Waals surface area contributed by atoms with Crippen LogP contribution in [-0.2, 0) is 4.79 Å². The summed E-state index contributed by atoms with van der Waals surface area (Å²) in [5, 5.41) is 14.1. The lowest BCUT2D eigenvalue weighted by atomic mass is 9.91. The van der Waals surface area contributed by atoms with Crippen molar-refractivity contribution in [2.45, 2.75) is 69.7 Å². The minimum atomic E-state index is -0.725. The molecule has 1 aliphatic heterocycles. The van der Waals surface area contributed by atoms with Crippen molar-refractivity contribution >= 4 is 11.7 Å². The maximum atomic E-state index is 11.4. The van der Waals surface area contributed by atoms with Gasteiger partial charge in [0.1, 0.15) is 11.5 Å². The van der Waals surface area contributed by atoms with Crippen LogP contribution in [0.3, 0.4) is 0 Å². The zero-order chi connectivity index (χ0) is 27.5. The maximum absolute atomic E-state index is 11.4. The number of nitrogens with zero attached hydrogens (tertiary/aromatic N) is 3. The van der Waals surface area contributed by atoms with Gasteiger partial charge in [0.25, 0.3) is 0 Å². The van der Waals surface area contributed by atoms with Gasteiger partial charge in [-0.1, -0.05) is 25.0 Å². The Labute approximate surface area is 237 Å². The molecule has 3 fully saturated rings. The number of methoxy groups -OCH3 is 1. The Morgan fingerprint density at radius 1 is 1.02 bits per heavy atom. The van der Waals surface area contributed by atoms with Crippen molar-refractivity contribution < 1.29 is 19.4 Å². The standard InChI is InChI=1S/C33H41N3O4/c1-39-28-11-12-30(26-20-34-36(21-26)27-6-2-3-7-27)32(18-28)35-15-13-23(14-16-35)22-40-29-8-4-5-25(17-29)31(19-33(37)38)24-9-10-24/h4-5,8,11-12,17-18,20-21,23-24,27,31H,2-3,6-7,9-10,13-16,19,22H2,1H3,(H,37,38). The second-order valence-electron chi connectivity index (χ2n) is 11.9. The Balaban J connectivity index is 1.09. The Morgan fingerprint density at radius 2 is 1.82 bits per heavy atom. The molecule has 2 aliphatic carbocycles. The Kier molecular flexibility index (Phi) is 7.98. The molecule has 40 heavy (non-hydrogen) atoms. The van der Waals surface area contributed by atoms with Gasteiger partial charge < -0.3 is 19.5 Å². The van der Waals surface area contributed by atoms with E-state index in [4.69, 9.17) is 14.6 Å². The molecule has 0 radical (unpaired) electrons. The van der Waals surface area contributed by atoms with Crippen LogP contribution in [0.2, 0.25) is 0 Å². The average Bonchev–Trinajstić information content (AvgIpc) is 3.44. The normalized spacial score (nSPS) is 19.1. The lowest BCUT2D eigenvalue weighted by Crippen LogP contribution is -2.35. The highest BCUT2D eigenvalue weighted by atomic mass is 16.5. The van der Waals surface area contributed by atoms with E-state index in [1.807, 2.05) is 24.4 Å². The molecule has 0 amide bonds. The molecule has 1 aromatic heterocycles. The highest BCUT2D eigenvalue weighted by Gasteiger charge is 2.34. The Bertz CT molecular complexity index is 1300. The van der Waals surface area contributed by atoms with Gasteiger partial charge in [0.2, 0.25) is 0 Å². The number of benzene rings is 2. The third kappa shape index (κ3) is 6.13. The van der Waals surface area contributed by atoms with E-state index >= 15 is 0 Å². The number of hydrogen-bond donors (Lipinski definition) is 1. The Hall–Kier alpha value is -3.48. The van der Waals surface area contributed by atoms with Gasteiger partial charge in [0.05, 0.1) is 32.4 Å². The predicted molar refractivity (Wildman–Crippen MR) is 156 cm³/mol. The van der Waals surface area contributed by atoms with E-state index in [1.165, 1.54) is 42.5 Å². The summed E-state index contributed by atoms with van der Waals surface area (Å²) in [6.45, 7) is 2.62. The third-order valence-electron chi connectivity index (χ3n) is 9.13. The van der Waals surface area contributed by atoms with E-state index in [0.29, 0.717) is 24.5 Å². The molecule has 3 aliphatic rings. The van der Waals surface area contributed by atoms with Crippen LogP contribution in [0.1, 0.15) is 75.3 Å². The minimum absolute atomic E-state index is 0.0895. The van der Waals surface area contributed by atoms with Crippen LogP contribution < -0.4 is 14.4 Å². The van der Waals surface area contributed by atoms with Crippen LogP contribution in [0.15, 0.2) is 54.9 Å². The first-order valence-corrected chi connectivity index (χ1v) is 15.0. The van der Waals surface area contributed by atoms with Crippen molar-refractivity contribution in [1.82, 2.24) is 9.78 Å². The molecule has 2 saturated carbocycles. The van der Waals surface area contributed by atoms with Gasteiger partial charge in [-0.3, -0.25) is 9.48 Å². The summed E-state index contributed by atoms with van der Waals surface area (Å²) in [6, 6.07) is 15.0. The summed E-state index contributed by atoms with van der Waals surface area (Å²) in [4.78, 5) is 13.9. The first-order chi connectivity index (χ1) is 19.6. The zero-order valence-corrected chi connectivity index (χ0v) is 23.5.